The Bertz CT molecular complexity index is 594. The number of aryl methyl sites for hydroxylation is 3. The largest absolute Gasteiger partial charge is 0.496 e. The summed E-state index contributed by atoms with van der Waals surface area (Å²) < 4.78 is 5.46. The van der Waals surface area contributed by atoms with Gasteiger partial charge in [-0.1, -0.05) is 6.07 Å². The number of hydrogen-bond acceptors (Lipinski definition) is 4. The van der Waals surface area contributed by atoms with E-state index in [4.69, 9.17) is 10.5 Å². The van der Waals surface area contributed by atoms with E-state index >= 15 is 0 Å². The highest BCUT2D eigenvalue weighted by atomic mass is 16.5. The standard InChI is InChI=1S/C14H17N3O/c1-8-5-9(2)12(11(6-8)18-4)13-10(3)7-16-14(15)17-13/h5-7H,1-4H3,(H2,15,16,17). The Hall–Kier alpha value is -2.10. The van der Waals surface area contributed by atoms with E-state index in [-0.39, 0.29) is 5.95 Å². The van der Waals surface area contributed by atoms with Crippen LogP contribution in [0.15, 0.2) is 18.3 Å². The van der Waals surface area contributed by atoms with Crippen molar-refractivity contribution in [3.8, 4) is 17.0 Å². The molecule has 0 unspecified atom stereocenters. The molecule has 0 aliphatic rings. The summed E-state index contributed by atoms with van der Waals surface area (Å²) >= 11 is 0. The second-order valence-electron chi connectivity index (χ2n) is 4.42. The van der Waals surface area contributed by atoms with Gasteiger partial charge in [0.25, 0.3) is 0 Å². The van der Waals surface area contributed by atoms with Crippen LogP contribution in [0.3, 0.4) is 0 Å². The lowest BCUT2D eigenvalue weighted by Crippen LogP contribution is -2.01. The van der Waals surface area contributed by atoms with Crippen molar-refractivity contribution in [3.63, 3.8) is 0 Å². The van der Waals surface area contributed by atoms with Gasteiger partial charge >= 0.3 is 0 Å². The van der Waals surface area contributed by atoms with Gasteiger partial charge in [-0.2, -0.15) is 0 Å². The third-order valence-electron chi connectivity index (χ3n) is 2.89. The highest BCUT2D eigenvalue weighted by Crippen LogP contribution is 2.34. The monoisotopic (exact) mass is 243 g/mol. The predicted octanol–water partition coefficient (Wildman–Crippen LogP) is 2.66. The van der Waals surface area contributed by atoms with Crippen LogP contribution in [0.1, 0.15) is 16.7 Å². The number of benzene rings is 1. The van der Waals surface area contributed by atoms with E-state index in [0.29, 0.717) is 0 Å². The maximum atomic E-state index is 5.67. The number of rotatable bonds is 2. The molecule has 2 aromatic rings. The zero-order valence-corrected chi connectivity index (χ0v) is 11.1. The van der Waals surface area contributed by atoms with Crippen LogP contribution in [-0.2, 0) is 0 Å². The van der Waals surface area contributed by atoms with Gasteiger partial charge in [-0.05, 0) is 43.5 Å². The van der Waals surface area contributed by atoms with E-state index < -0.39 is 0 Å². The molecule has 0 spiro atoms. The van der Waals surface area contributed by atoms with Gasteiger partial charge in [0.15, 0.2) is 0 Å². The summed E-state index contributed by atoms with van der Waals surface area (Å²) in [5.41, 5.74) is 10.7. The van der Waals surface area contributed by atoms with Crippen LogP contribution in [0, 0.1) is 20.8 Å². The van der Waals surface area contributed by atoms with Crippen molar-refractivity contribution in [2.45, 2.75) is 20.8 Å². The van der Waals surface area contributed by atoms with E-state index in [1.54, 1.807) is 13.3 Å². The van der Waals surface area contributed by atoms with Crippen LogP contribution >= 0.6 is 0 Å². The Kier molecular flexibility index (Phi) is 3.19. The molecule has 1 heterocycles. The number of hydrogen-bond donors (Lipinski definition) is 1. The van der Waals surface area contributed by atoms with Crippen molar-refractivity contribution in [2.24, 2.45) is 0 Å². The van der Waals surface area contributed by atoms with Crippen LogP contribution in [-0.4, -0.2) is 17.1 Å². The summed E-state index contributed by atoms with van der Waals surface area (Å²) in [4.78, 5) is 8.32. The number of anilines is 1. The predicted molar refractivity (Wildman–Crippen MR) is 72.6 cm³/mol. The first-order valence-electron chi connectivity index (χ1n) is 5.77. The Balaban J connectivity index is 2.74. The van der Waals surface area contributed by atoms with Crippen molar-refractivity contribution in [2.75, 3.05) is 12.8 Å². The minimum Gasteiger partial charge on any atom is -0.496 e. The Morgan fingerprint density at radius 1 is 1.11 bits per heavy atom. The number of ether oxygens (including phenoxy) is 1. The van der Waals surface area contributed by atoms with Crippen LogP contribution in [0.25, 0.3) is 11.3 Å². The zero-order chi connectivity index (χ0) is 13.3. The molecule has 4 heteroatoms. The summed E-state index contributed by atoms with van der Waals surface area (Å²) in [7, 11) is 1.66. The first-order chi connectivity index (χ1) is 8.52. The maximum absolute atomic E-state index is 5.67. The number of nitrogen functional groups attached to an aromatic ring is 1. The molecule has 94 valence electrons. The van der Waals surface area contributed by atoms with Gasteiger partial charge in [0.1, 0.15) is 5.75 Å². The van der Waals surface area contributed by atoms with Crippen molar-refractivity contribution in [3.05, 3.63) is 35.0 Å². The summed E-state index contributed by atoms with van der Waals surface area (Å²) in [6.45, 7) is 6.05. The molecular formula is C14H17N3O. The van der Waals surface area contributed by atoms with Gasteiger partial charge in [-0.25, -0.2) is 9.97 Å². The molecule has 0 radical (unpaired) electrons. The molecular weight excluding hydrogens is 226 g/mol. The van der Waals surface area contributed by atoms with E-state index in [0.717, 1.165) is 33.7 Å². The average molecular weight is 243 g/mol. The van der Waals surface area contributed by atoms with E-state index in [1.807, 2.05) is 26.8 Å². The van der Waals surface area contributed by atoms with Gasteiger partial charge in [-0.3, -0.25) is 0 Å². The minimum absolute atomic E-state index is 0.276. The van der Waals surface area contributed by atoms with Gasteiger partial charge < -0.3 is 10.5 Å². The maximum Gasteiger partial charge on any atom is 0.220 e. The Morgan fingerprint density at radius 2 is 1.83 bits per heavy atom. The van der Waals surface area contributed by atoms with Gasteiger partial charge in [0.05, 0.1) is 12.8 Å². The first kappa shape index (κ1) is 12.4. The van der Waals surface area contributed by atoms with Crippen LogP contribution in [0.4, 0.5) is 5.95 Å². The average Bonchev–Trinajstić information content (AvgIpc) is 2.32. The number of aromatic nitrogens is 2. The summed E-state index contributed by atoms with van der Waals surface area (Å²) in [5.74, 6) is 1.09. The van der Waals surface area contributed by atoms with E-state index in [9.17, 15) is 0 Å². The molecule has 0 bridgehead atoms. The molecule has 2 rings (SSSR count). The second-order valence-corrected chi connectivity index (χ2v) is 4.42. The lowest BCUT2D eigenvalue weighted by atomic mass is 9.99. The molecule has 18 heavy (non-hydrogen) atoms. The first-order valence-corrected chi connectivity index (χ1v) is 5.77. The van der Waals surface area contributed by atoms with Crippen molar-refractivity contribution in [1.29, 1.82) is 0 Å². The van der Waals surface area contributed by atoms with Crippen LogP contribution in [0.2, 0.25) is 0 Å². The normalized spacial score (nSPS) is 10.4. The molecule has 1 aromatic heterocycles. The van der Waals surface area contributed by atoms with E-state index in [1.165, 1.54) is 0 Å². The zero-order valence-electron chi connectivity index (χ0n) is 11.1. The number of methoxy groups -OCH3 is 1. The fraction of sp³-hybridized carbons (Fsp3) is 0.286. The third-order valence-corrected chi connectivity index (χ3v) is 2.89. The second kappa shape index (κ2) is 4.64. The van der Waals surface area contributed by atoms with Crippen molar-refractivity contribution in [1.82, 2.24) is 9.97 Å². The lowest BCUT2D eigenvalue weighted by Gasteiger charge is -2.14. The number of nitrogens with zero attached hydrogens (tertiary/aromatic N) is 2. The minimum atomic E-state index is 0.276. The molecule has 0 saturated carbocycles. The molecule has 0 atom stereocenters. The fourth-order valence-electron chi connectivity index (χ4n) is 2.10. The Morgan fingerprint density at radius 3 is 2.50 bits per heavy atom. The molecule has 0 aliphatic carbocycles. The molecule has 1 aromatic carbocycles. The smallest absolute Gasteiger partial charge is 0.220 e. The summed E-state index contributed by atoms with van der Waals surface area (Å²) in [6.07, 6.45) is 1.73. The van der Waals surface area contributed by atoms with Crippen molar-refractivity contribution >= 4 is 5.95 Å². The van der Waals surface area contributed by atoms with Crippen molar-refractivity contribution < 1.29 is 4.74 Å². The SMILES string of the molecule is COc1cc(C)cc(C)c1-c1nc(N)ncc1C. The van der Waals surface area contributed by atoms with E-state index in [2.05, 4.69) is 16.0 Å². The topological polar surface area (TPSA) is 61.0 Å². The van der Waals surface area contributed by atoms with Gasteiger partial charge in [0, 0.05) is 11.8 Å². The lowest BCUT2D eigenvalue weighted by molar-refractivity contribution is 0.415. The van der Waals surface area contributed by atoms with Crippen LogP contribution in [0.5, 0.6) is 5.75 Å². The molecule has 0 amide bonds. The molecule has 0 saturated heterocycles. The quantitative estimate of drug-likeness (QED) is 0.880. The van der Waals surface area contributed by atoms with Crippen LogP contribution < -0.4 is 10.5 Å². The third kappa shape index (κ3) is 2.14. The van der Waals surface area contributed by atoms with Gasteiger partial charge in [0.2, 0.25) is 5.95 Å². The molecule has 0 fully saturated rings. The molecule has 2 N–H and O–H groups in total. The number of nitrogens with two attached hydrogens (primary N) is 1. The highest BCUT2D eigenvalue weighted by molar-refractivity contribution is 5.74. The summed E-state index contributed by atoms with van der Waals surface area (Å²) in [5, 5.41) is 0. The molecule has 4 nitrogen and oxygen atoms in total. The van der Waals surface area contributed by atoms with Gasteiger partial charge in [-0.15, -0.1) is 0 Å². The fourth-order valence-corrected chi connectivity index (χ4v) is 2.10. The highest BCUT2D eigenvalue weighted by Gasteiger charge is 2.14. The molecule has 0 aliphatic heterocycles. The summed E-state index contributed by atoms with van der Waals surface area (Å²) in [6, 6.07) is 4.11. The Labute approximate surface area is 107 Å².